The number of nitrogens with two attached hydrogens (primary N) is 1. The zero-order chi connectivity index (χ0) is 15.7. The minimum Gasteiger partial charge on any atom is -0.382 e. The summed E-state index contributed by atoms with van der Waals surface area (Å²) in [5.41, 5.74) is 9.05. The molecule has 1 aromatic heterocycles. The van der Waals surface area contributed by atoms with E-state index in [0.717, 1.165) is 5.56 Å². The molecule has 4 nitrogen and oxygen atoms in total. The summed E-state index contributed by atoms with van der Waals surface area (Å²) in [6.45, 7) is 4.27. The van der Waals surface area contributed by atoms with Crippen LogP contribution in [-0.2, 0) is 0 Å². The van der Waals surface area contributed by atoms with Gasteiger partial charge >= 0.3 is 0 Å². The number of halogens is 1. The average molecular weight is 296 g/mol. The summed E-state index contributed by atoms with van der Waals surface area (Å²) in [6, 6.07) is 14.3. The van der Waals surface area contributed by atoms with E-state index in [9.17, 15) is 4.39 Å². The van der Waals surface area contributed by atoms with Gasteiger partial charge in [-0.05, 0) is 23.6 Å². The van der Waals surface area contributed by atoms with Crippen LogP contribution in [0.4, 0.5) is 10.2 Å². The number of nitrogen functional groups attached to an aromatic ring is 1. The Morgan fingerprint density at radius 3 is 2.36 bits per heavy atom. The fourth-order valence-electron chi connectivity index (χ4n) is 2.32. The predicted octanol–water partition coefficient (Wildman–Crippen LogP) is 3.78. The number of para-hydroxylation sites is 1. The van der Waals surface area contributed by atoms with E-state index in [0.29, 0.717) is 17.4 Å². The van der Waals surface area contributed by atoms with Crippen molar-refractivity contribution in [3.8, 4) is 16.9 Å². The van der Waals surface area contributed by atoms with Gasteiger partial charge in [0, 0.05) is 5.56 Å². The van der Waals surface area contributed by atoms with Gasteiger partial charge in [-0.3, -0.25) is 0 Å². The van der Waals surface area contributed by atoms with Gasteiger partial charge in [0.15, 0.2) is 5.82 Å². The molecule has 5 heteroatoms. The Morgan fingerprint density at radius 1 is 1.05 bits per heavy atom. The van der Waals surface area contributed by atoms with Crippen molar-refractivity contribution < 1.29 is 4.39 Å². The van der Waals surface area contributed by atoms with E-state index in [-0.39, 0.29) is 11.5 Å². The molecule has 2 aromatic carbocycles. The van der Waals surface area contributed by atoms with Crippen LogP contribution in [0, 0.1) is 5.82 Å². The highest BCUT2D eigenvalue weighted by Crippen LogP contribution is 2.27. The first-order chi connectivity index (χ1) is 10.6. The van der Waals surface area contributed by atoms with Crippen molar-refractivity contribution in [2.75, 3.05) is 5.73 Å². The Hall–Kier alpha value is -2.69. The fraction of sp³-hybridized carbons (Fsp3) is 0.176. The monoisotopic (exact) mass is 296 g/mol. The predicted molar refractivity (Wildman–Crippen MR) is 85.3 cm³/mol. The van der Waals surface area contributed by atoms with Crippen LogP contribution in [0.25, 0.3) is 16.9 Å². The molecular formula is C17H17FN4. The summed E-state index contributed by atoms with van der Waals surface area (Å²) in [4.78, 5) is 0. The van der Waals surface area contributed by atoms with Gasteiger partial charge < -0.3 is 5.73 Å². The van der Waals surface area contributed by atoms with Crippen LogP contribution in [0.1, 0.15) is 25.3 Å². The van der Waals surface area contributed by atoms with Crippen LogP contribution in [0.2, 0.25) is 0 Å². The average Bonchev–Trinajstić information content (AvgIpc) is 2.89. The number of benzene rings is 2. The van der Waals surface area contributed by atoms with Crippen molar-refractivity contribution in [3.05, 3.63) is 59.9 Å². The number of nitrogens with zero attached hydrogens (tertiary/aromatic N) is 3. The Labute approximate surface area is 128 Å². The van der Waals surface area contributed by atoms with Crippen LogP contribution in [-0.4, -0.2) is 15.0 Å². The molecule has 112 valence electrons. The highest BCUT2D eigenvalue weighted by atomic mass is 19.1. The molecule has 0 unspecified atom stereocenters. The molecule has 0 spiro atoms. The molecular weight excluding hydrogens is 279 g/mol. The molecule has 3 rings (SSSR count). The molecule has 0 atom stereocenters. The Kier molecular flexibility index (Phi) is 3.63. The molecule has 3 aromatic rings. The largest absolute Gasteiger partial charge is 0.382 e. The summed E-state index contributed by atoms with van der Waals surface area (Å²) in [6.07, 6.45) is 0. The molecule has 0 aliphatic rings. The Morgan fingerprint density at radius 2 is 1.73 bits per heavy atom. The Bertz CT molecular complexity index is 791. The van der Waals surface area contributed by atoms with Crippen LogP contribution in [0.5, 0.6) is 0 Å². The first kappa shape index (κ1) is 14.3. The molecule has 1 heterocycles. The maximum atomic E-state index is 13.9. The molecule has 0 radical (unpaired) electrons. The van der Waals surface area contributed by atoms with Gasteiger partial charge in [0.05, 0.1) is 0 Å². The quantitative estimate of drug-likeness (QED) is 0.800. The van der Waals surface area contributed by atoms with E-state index >= 15 is 0 Å². The van der Waals surface area contributed by atoms with Crippen molar-refractivity contribution in [2.45, 2.75) is 19.8 Å². The summed E-state index contributed by atoms with van der Waals surface area (Å²) in [7, 11) is 0. The molecule has 2 N–H and O–H groups in total. The van der Waals surface area contributed by atoms with Gasteiger partial charge in [0.25, 0.3) is 0 Å². The SMILES string of the molecule is CC(C)c1ccc(-c2nnn(-c3ccccc3F)c2N)cc1. The van der Waals surface area contributed by atoms with Gasteiger partial charge in [-0.25, -0.2) is 4.39 Å². The zero-order valence-corrected chi connectivity index (χ0v) is 12.5. The van der Waals surface area contributed by atoms with Crippen molar-refractivity contribution in [1.29, 1.82) is 0 Å². The molecule has 0 aliphatic heterocycles. The minimum absolute atomic E-state index is 0.289. The number of rotatable bonds is 3. The number of anilines is 1. The fourth-order valence-corrected chi connectivity index (χ4v) is 2.32. The molecule has 0 saturated heterocycles. The third kappa shape index (κ3) is 2.45. The topological polar surface area (TPSA) is 56.7 Å². The lowest BCUT2D eigenvalue weighted by atomic mass is 10.0. The van der Waals surface area contributed by atoms with Crippen LogP contribution >= 0.6 is 0 Å². The van der Waals surface area contributed by atoms with Crippen molar-refractivity contribution in [3.63, 3.8) is 0 Å². The third-order valence-electron chi connectivity index (χ3n) is 3.64. The van der Waals surface area contributed by atoms with E-state index in [1.165, 1.54) is 16.3 Å². The lowest BCUT2D eigenvalue weighted by Crippen LogP contribution is -2.04. The highest BCUT2D eigenvalue weighted by molar-refractivity contribution is 5.71. The third-order valence-corrected chi connectivity index (χ3v) is 3.64. The lowest BCUT2D eigenvalue weighted by molar-refractivity contribution is 0.608. The van der Waals surface area contributed by atoms with Gasteiger partial charge in [-0.15, -0.1) is 5.10 Å². The number of hydrogen-bond donors (Lipinski definition) is 1. The van der Waals surface area contributed by atoms with E-state index < -0.39 is 0 Å². The second-order valence-corrected chi connectivity index (χ2v) is 5.46. The van der Waals surface area contributed by atoms with E-state index in [4.69, 9.17) is 5.73 Å². The Balaban J connectivity index is 2.02. The second kappa shape index (κ2) is 5.60. The zero-order valence-electron chi connectivity index (χ0n) is 12.5. The van der Waals surface area contributed by atoms with Crippen LogP contribution in [0.15, 0.2) is 48.5 Å². The summed E-state index contributed by atoms with van der Waals surface area (Å²) in [5.74, 6) is 0.392. The molecule has 0 aliphatic carbocycles. The van der Waals surface area contributed by atoms with Gasteiger partial charge in [0.1, 0.15) is 17.2 Å². The first-order valence-electron chi connectivity index (χ1n) is 7.14. The van der Waals surface area contributed by atoms with E-state index in [2.05, 4.69) is 24.2 Å². The van der Waals surface area contributed by atoms with E-state index in [1.54, 1.807) is 18.2 Å². The highest BCUT2D eigenvalue weighted by Gasteiger charge is 2.15. The first-order valence-corrected chi connectivity index (χ1v) is 7.14. The molecule has 0 bridgehead atoms. The molecule has 22 heavy (non-hydrogen) atoms. The second-order valence-electron chi connectivity index (χ2n) is 5.46. The lowest BCUT2D eigenvalue weighted by Gasteiger charge is -2.07. The van der Waals surface area contributed by atoms with Gasteiger partial charge in [-0.2, -0.15) is 4.68 Å². The summed E-state index contributed by atoms with van der Waals surface area (Å²) >= 11 is 0. The maximum Gasteiger partial charge on any atom is 0.156 e. The van der Waals surface area contributed by atoms with Crippen molar-refractivity contribution >= 4 is 5.82 Å². The van der Waals surface area contributed by atoms with Gasteiger partial charge in [0.2, 0.25) is 0 Å². The minimum atomic E-state index is -0.388. The van der Waals surface area contributed by atoms with Gasteiger partial charge in [-0.1, -0.05) is 55.5 Å². The standard InChI is InChI=1S/C17H17FN4/c1-11(2)12-7-9-13(10-8-12)16-17(19)22(21-20-16)15-6-4-3-5-14(15)18/h3-11H,19H2,1-2H3. The normalized spacial score (nSPS) is 11.1. The molecule has 0 saturated carbocycles. The molecule has 0 fully saturated rings. The number of hydrogen-bond acceptors (Lipinski definition) is 3. The van der Waals surface area contributed by atoms with Crippen LogP contribution < -0.4 is 5.73 Å². The molecule has 0 amide bonds. The maximum absolute atomic E-state index is 13.9. The van der Waals surface area contributed by atoms with E-state index in [1.807, 2.05) is 24.3 Å². The van der Waals surface area contributed by atoms with Crippen LogP contribution in [0.3, 0.4) is 0 Å². The summed E-state index contributed by atoms with van der Waals surface area (Å²) in [5, 5.41) is 8.08. The summed E-state index contributed by atoms with van der Waals surface area (Å²) < 4.78 is 15.2. The smallest absolute Gasteiger partial charge is 0.156 e. The number of aromatic nitrogens is 3. The van der Waals surface area contributed by atoms with Crippen molar-refractivity contribution in [1.82, 2.24) is 15.0 Å². The van der Waals surface area contributed by atoms with Crippen molar-refractivity contribution in [2.24, 2.45) is 0 Å².